The molecule has 0 bridgehead atoms. The largest absolute Gasteiger partial charge is 0.355 e. The maximum Gasteiger partial charge on any atom is 0.224 e. The molecule has 2 aliphatic rings. The van der Waals surface area contributed by atoms with E-state index in [4.69, 9.17) is 0 Å². The molecule has 2 unspecified atom stereocenters. The second-order valence-corrected chi connectivity index (χ2v) is 6.56. The van der Waals surface area contributed by atoms with Crippen LogP contribution >= 0.6 is 23.5 Å². The van der Waals surface area contributed by atoms with Crippen LogP contribution in [0.4, 0.5) is 0 Å². The summed E-state index contributed by atoms with van der Waals surface area (Å²) in [6.07, 6.45) is 0.998. The maximum absolute atomic E-state index is 11.7. The minimum absolute atomic E-state index is 0.214. The summed E-state index contributed by atoms with van der Waals surface area (Å²) in [5.74, 6) is 4.15. The Morgan fingerprint density at radius 2 is 2.40 bits per heavy atom. The Kier molecular flexibility index (Phi) is 4.65. The summed E-state index contributed by atoms with van der Waals surface area (Å²) < 4.78 is 0. The lowest BCUT2D eigenvalue weighted by atomic mass is 10.1. The van der Waals surface area contributed by atoms with E-state index in [1.54, 1.807) is 0 Å². The Hall–Kier alpha value is 0.130. The van der Waals surface area contributed by atoms with Gasteiger partial charge in [-0.1, -0.05) is 0 Å². The van der Waals surface area contributed by atoms with E-state index in [-0.39, 0.29) is 11.8 Å². The van der Waals surface area contributed by atoms with Crippen molar-refractivity contribution in [1.82, 2.24) is 10.6 Å². The second kappa shape index (κ2) is 6.01. The highest BCUT2D eigenvalue weighted by Crippen LogP contribution is 2.23. The summed E-state index contributed by atoms with van der Waals surface area (Å²) in [5, 5.41) is 6.93. The van der Waals surface area contributed by atoms with Crippen molar-refractivity contribution in [3.05, 3.63) is 0 Å². The van der Waals surface area contributed by atoms with Crippen LogP contribution in [0.5, 0.6) is 0 Å². The average Bonchev–Trinajstić information content (AvgIpc) is 2.81. The first kappa shape index (κ1) is 11.6. The van der Waals surface area contributed by atoms with E-state index in [0.717, 1.165) is 26.1 Å². The van der Waals surface area contributed by atoms with Gasteiger partial charge in [-0.3, -0.25) is 4.79 Å². The summed E-state index contributed by atoms with van der Waals surface area (Å²) in [7, 11) is 0. The molecule has 2 heterocycles. The van der Waals surface area contributed by atoms with Crippen LogP contribution in [-0.4, -0.2) is 48.0 Å². The van der Waals surface area contributed by atoms with Crippen LogP contribution in [0.2, 0.25) is 0 Å². The molecule has 5 heteroatoms. The Balaban J connectivity index is 1.65. The van der Waals surface area contributed by atoms with Crippen molar-refractivity contribution in [2.75, 3.05) is 36.9 Å². The van der Waals surface area contributed by atoms with Gasteiger partial charge in [0.1, 0.15) is 0 Å². The minimum Gasteiger partial charge on any atom is -0.355 e. The van der Waals surface area contributed by atoms with Crippen LogP contribution in [0.3, 0.4) is 0 Å². The summed E-state index contributed by atoms with van der Waals surface area (Å²) >= 11 is 4.00. The van der Waals surface area contributed by atoms with E-state index in [1.165, 1.54) is 17.3 Å². The van der Waals surface area contributed by atoms with Gasteiger partial charge in [0.05, 0.1) is 5.92 Å². The topological polar surface area (TPSA) is 41.1 Å². The SMILES string of the molecule is O=C(NCC1CSCCS1)C1CCNC1. The second-order valence-electron chi connectivity index (χ2n) is 4.00. The van der Waals surface area contributed by atoms with Crippen molar-refractivity contribution in [3.63, 3.8) is 0 Å². The zero-order valence-corrected chi connectivity index (χ0v) is 10.5. The maximum atomic E-state index is 11.7. The molecule has 0 aromatic heterocycles. The molecule has 2 saturated heterocycles. The van der Waals surface area contributed by atoms with Crippen molar-refractivity contribution < 1.29 is 4.79 Å². The Bertz CT molecular complexity index is 213. The van der Waals surface area contributed by atoms with E-state index in [1.807, 2.05) is 23.5 Å². The smallest absolute Gasteiger partial charge is 0.224 e. The highest BCUT2D eigenvalue weighted by Gasteiger charge is 2.23. The third-order valence-electron chi connectivity index (χ3n) is 2.82. The van der Waals surface area contributed by atoms with E-state index < -0.39 is 0 Å². The van der Waals surface area contributed by atoms with Gasteiger partial charge in [-0.05, 0) is 13.0 Å². The predicted molar refractivity (Wildman–Crippen MR) is 67.6 cm³/mol. The van der Waals surface area contributed by atoms with Gasteiger partial charge >= 0.3 is 0 Å². The van der Waals surface area contributed by atoms with Crippen molar-refractivity contribution in [1.29, 1.82) is 0 Å². The van der Waals surface area contributed by atoms with Gasteiger partial charge < -0.3 is 10.6 Å². The summed E-state index contributed by atoms with van der Waals surface area (Å²) in [6.45, 7) is 2.71. The third-order valence-corrected chi connectivity index (χ3v) is 5.66. The van der Waals surface area contributed by atoms with E-state index >= 15 is 0 Å². The van der Waals surface area contributed by atoms with E-state index in [9.17, 15) is 4.79 Å². The minimum atomic E-state index is 0.214. The number of nitrogens with one attached hydrogen (secondary N) is 2. The molecule has 0 radical (unpaired) electrons. The van der Waals surface area contributed by atoms with Crippen LogP contribution in [0.15, 0.2) is 0 Å². The summed E-state index contributed by atoms with van der Waals surface area (Å²) in [5.41, 5.74) is 0. The van der Waals surface area contributed by atoms with Gasteiger partial charge in [-0.25, -0.2) is 0 Å². The number of thioether (sulfide) groups is 2. The Morgan fingerprint density at radius 1 is 1.47 bits per heavy atom. The molecule has 0 aliphatic carbocycles. The van der Waals surface area contributed by atoms with Crippen LogP contribution in [0.25, 0.3) is 0 Å². The molecule has 2 rings (SSSR count). The molecule has 2 N–H and O–H groups in total. The van der Waals surface area contributed by atoms with Crippen molar-refractivity contribution in [2.45, 2.75) is 11.7 Å². The molecular weight excluding hydrogens is 228 g/mol. The van der Waals surface area contributed by atoms with Crippen molar-refractivity contribution >= 4 is 29.4 Å². The molecule has 86 valence electrons. The average molecular weight is 246 g/mol. The number of carbonyl (C=O) groups excluding carboxylic acids is 1. The van der Waals surface area contributed by atoms with E-state index in [2.05, 4.69) is 10.6 Å². The number of amides is 1. The standard InChI is InChI=1S/C10H18N2OS2/c13-10(8-1-2-11-5-8)12-6-9-7-14-3-4-15-9/h8-9,11H,1-7H2,(H,12,13). The van der Waals surface area contributed by atoms with Crippen LogP contribution in [0, 0.1) is 5.92 Å². The fourth-order valence-corrected chi connectivity index (χ4v) is 4.50. The van der Waals surface area contributed by atoms with Crippen LogP contribution < -0.4 is 10.6 Å². The molecule has 15 heavy (non-hydrogen) atoms. The summed E-state index contributed by atoms with van der Waals surface area (Å²) in [6, 6.07) is 0. The lowest BCUT2D eigenvalue weighted by Gasteiger charge is -2.21. The zero-order valence-electron chi connectivity index (χ0n) is 8.83. The fraction of sp³-hybridized carbons (Fsp3) is 0.900. The highest BCUT2D eigenvalue weighted by atomic mass is 32.2. The molecular formula is C10H18N2OS2. The highest BCUT2D eigenvalue weighted by molar-refractivity contribution is 8.06. The quantitative estimate of drug-likeness (QED) is 0.763. The molecule has 2 fully saturated rings. The van der Waals surface area contributed by atoms with Crippen molar-refractivity contribution in [3.8, 4) is 0 Å². The van der Waals surface area contributed by atoms with Crippen molar-refractivity contribution in [2.24, 2.45) is 5.92 Å². The number of carbonyl (C=O) groups is 1. The summed E-state index contributed by atoms with van der Waals surface area (Å²) in [4.78, 5) is 11.7. The molecule has 0 aromatic carbocycles. The first-order chi connectivity index (χ1) is 7.36. The molecule has 0 spiro atoms. The van der Waals surface area contributed by atoms with Crippen LogP contribution in [-0.2, 0) is 4.79 Å². The van der Waals surface area contributed by atoms with Gasteiger partial charge in [0.2, 0.25) is 5.91 Å². The fourth-order valence-electron chi connectivity index (χ4n) is 1.89. The third kappa shape index (κ3) is 3.57. The number of rotatable bonds is 3. The monoisotopic (exact) mass is 246 g/mol. The predicted octanol–water partition coefficient (Wildman–Crippen LogP) is 0.561. The van der Waals surface area contributed by atoms with Gasteiger partial charge in [0.15, 0.2) is 0 Å². The number of hydrogen-bond acceptors (Lipinski definition) is 4. The molecule has 3 nitrogen and oxygen atoms in total. The first-order valence-corrected chi connectivity index (χ1v) is 7.74. The Labute approximate surface area is 99.5 Å². The van der Waals surface area contributed by atoms with Gasteiger partial charge in [0, 0.05) is 35.6 Å². The first-order valence-electron chi connectivity index (χ1n) is 5.54. The number of hydrogen-bond donors (Lipinski definition) is 2. The lowest BCUT2D eigenvalue weighted by molar-refractivity contribution is -0.124. The van der Waals surface area contributed by atoms with Gasteiger partial charge in [-0.15, -0.1) is 0 Å². The van der Waals surface area contributed by atoms with Crippen LogP contribution in [0.1, 0.15) is 6.42 Å². The van der Waals surface area contributed by atoms with Gasteiger partial charge in [-0.2, -0.15) is 23.5 Å². The normalized spacial score (nSPS) is 31.5. The van der Waals surface area contributed by atoms with Gasteiger partial charge in [0.25, 0.3) is 0 Å². The Morgan fingerprint density at radius 3 is 3.07 bits per heavy atom. The van der Waals surface area contributed by atoms with E-state index in [0.29, 0.717) is 5.25 Å². The molecule has 0 aromatic rings. The molecule has 2 aliphatic heterocycles. The molecule has 2 atom stereocenters. The lowest BCUT2D eigenvalue weighted by Crippen LogP contribution is -2.37. The molecule has 1 amide bonds. The molecule has 0 saturated carbocycles. The zero-order chi connectivity index (χ0) is 10.5.